The molecule has 0 aliphatic carbocycles. The summed E-state index contributed by atoms with van der Waals surface area (Å²) in [6.45, 7) is 0.975. The Morgan fingerprint density at radius 2 is 1.78 bits per heavy atom. The van der Waals surface area contributed by atoms with Crippen LogP contribution < -0.4 is 5.32 Å². The van der Waals surface area contributed by atoms with Crippen molar-refractivity contribution in [3.63, 3.8) is 0 Å². The van der Waals surface area contributed by atoms with Crippen LogP contribution in [0.4, 0.5) is 0 Å². The van der Waals surface area contributed by atoms with Crippen LogP contribution >= 0.6 is 12.6 Å². The van der Waals surface area contributed by atoms with Crippen LogP contribution in [0, 0.1) is 0 Å². The van der Waals surface area contributed by atoms with Gasteiger partial charge in [0.15, 0.2) is 0 Å². The SMILES string of the molecule is O=C(Cc1ccc(S)cc1)NCCCCCCO. The number of hydrogen-bond donors (Lipinski definition) is 3. The Kier molecular flexibility index (Phi) is 7.53. The van der Waals surface area contributed by atoms with E-state index >= 15 is 0 Å². The van der Waals surface area contributed by atoms with Crippen molar-refractivity contribution in [1.82, 2.24) is 5.32 Å². The largest absolute Gasteiger partial charge is 0.396 e. The van der Waals surface area contributed by atoms with Crippen molar-refractivity contribution >= 4 is 18.5 Å². The van der Waals surface area contributed by atoms with E-state index in [9.17, 15) is 4.79 Å². The van der Waals surface area contributed by atoms with Crippen LogP contribution in [0.3, 0.4) is 0 Å². The topological polar surface area (TPSA) is 49.3 Å². The number of nitrogens with one attached hydrogen (secondary N) is 1. The fourth-order valence-corrected chi connectivity index (χ4v) is 1.83. The van der Waals surface area contributed by atoms with Crippen molar-refractivity contribution in [3.05, 3.63) is 29.8 Å². The van der Waals surface area contributed by atoms with E-state index < -0.39 is 0 Å². The van der Waals surface area contributed by atoms with Crippen LogP contribution in [-0.2, 0) is 11.2 Å². The van der Waals surface area contributed by atoms with Gasteiger partial charge < -0.3 is 10.4 Å². The number of hydrogen-bond acceptors (Lipinski definition) is 3. The number of benzene rings is 1. The first kappa shape index (κ1) is 15.1. The van der Waals surface area contributed by atoms with E-state index in [1.807, 2.05) is 24.3 Å². The number of carbonyl (C=O) groups is 1. The van der Waals surface area contributed by atoms with Crippen LogP contribution in [0.15, 0.2) is 29.2 Å². The molecular formula is C14H21NO2S. The van der Waals surface area contributed by atoms with E-state index in [4.69, 9.17) is 5.11 Å². The first-order valence-electron chi connectivity index (χ1n) is 6.38. The lowest BCUT2D eigenvalue weighted by Crippen LogP contribution is -2.26. The van der Waals surface area contributed by atoms with Crippen molar-refractivity contribution in [2.75, 3.05) is 13.2 Å². The van der Waals surface area contributed by atoms with Gasteiger partial charge in [0.2, 0.25) is 5.91 Å². The minimum absolute atomic E-state index is 0.0593. The molecule has 0 atom stereocenters. The highest BCUT2D eigenvalue weighted by Gasteiger charge is 2.02. The van der Waals surface area contributed by atoms with Gasteiger partial charge in [-0.25, -0.2) is 0 Å². The third-order valence-electron chi connectivity index (χ3n) is 2.71. The van der Waals surface area contributed by atoms with Crippen molar-refractivity contribution in [2.24, 2.45) is 0 Å². The van der Waals surface area contributed by atoms with Crippen LogP contribution in [0.1, 0.15) is 31.2 Å². The number of thiol groups is 1. The van der Waals surface area contributed by atoms with Gasteiger partial charge in [-0.05, 0) is 30.5 Å². The summed E-state index contributed by atoms with van der Waals surface area (Å²) in [7, 11) is 0. The summed E-state index contributed by atoms with van der Waals surface area (Å²) < 4.78 is 0. The molecular weight excluding hydrogens is 246 g/mol. The lowest BCUT2D eigenvalue weighted by Gasteiger charge is -2.05. The number of rotatable bonds is 8. The van der Waals surface area contributed by atoms with Crippen LogP contribution in [-0.4, -0.2) is 24.2 Å². The Labute approximate surface area is 114 Å². The van der Waals surface area contributed by atoms with E-state index in [0.29, 0.717) is 6.42 Å². The fourth-order valence-electron chi connectivity index (χ4n) is 1.68. The zero-order valence-corrected chi connectivity index (χ0v) is 11.5. The highest BCUT2D eigenvalue weighted by atomic mass is 32.1. The minimum Gasteiger partial charge on any atom is -0.396 e. The smallest absolute Gasteiger partial charge is 0.224 e. The molecule has 0 bridgehead atoms. The van der Waals surface area contributed by atoms with E-state index in [0.717, 1.165) is 42.7 Å². The molecule has 0 radical (unpaired) electrons. The lowest BCUT2D eigenvalue weighted by atomic mass is 10.1. The molecule has 0 fully saturated rings. The Morgan fingerprint density at radius 3 is 2.44 bits per heavy atom. The molecule has 0 heterocycles. The second kappa shape index (κ2) is 9.00. The van der Waals surface area contributed by atoms with Crippen LogP contribution in [0.5, 0.6) is 0 Å². The molecule has 3 nitrogen and oxygen atoms in total. The monoisotopic (exact) mass is 267 g/mol. The summed E-state index contributed by atoms with van der Waals surface area (Å²) >= 11 is 4.20. The van der Waals surface area contributed by atoms with Crippen molar-refractivity contribution < 1.29 is 9.90 Å². The molecule has 4 heteroatoms. The number of aliphatic hydroxyl groups is 1. The van der Waals surface area contributed by atoms with E-state index in [1.165, 1.54) is 0 Å². The second-order valence-corrected chi connectivity index (χ2v) is 4.85. The molecule has 0 spiro atoms. The first-order valence-corrected chi connectivity index (χ1v) is 6.82. The predicted molar refractivity (Wildman–Crippen MR) is 76.0 cm³/mol. The van der Waals surface area contributed by atoms with Gasteiger partial charge in [-0.2, -0.15) is 0 Å². The summed E-state index contributed by atoms with van der Waals surface area (Å²) in [4.78, 5) is 12.5. The van der Waals surface area contributed by atoms with Gasteiger partial charge in [0.25, 0.3) is 0 Å². The standard InChI is InChI=1S/C14H21NO2S/c16-10-4-2-1-3-9-15-14(17)11-12-5-7-13(18)8-6-12/h5-8,16,18H,1-4,9-11H2,(H,15,17). The average Bonchev–Trinajstić information content (AvgIpc) is 2.36. The molecule has 100 valence electrons. The third-order valence-corrected chi connectivity index (χ3v) is 3.01. The Bertz CT molecular complexity index is 351. The number of amides is 1. The van der Waals surface area contributed by atoms with Crippen LogP contribution in [0.25, 0.3) is 0 Å². The number of unbranched alkanes of at least 4 members (excludes halogenated alkanes) is 3. The molecule has 1 aromatic carbocycles. The van der Waals surface area contributed by atoms with Crippen LogP contribution in [0.2, 0.25) is 0 Å². The summed E-state index contributed by atoms with van der Waals surface area (Å²) in [5, 5.41) is 11.5. The summed E-state index contributed by atoms with van der Waals surface area (Å²) in [6, 6.07) is 7.62. The van der Waals surface area contributed by atoms with E-state index in [1.54, 1.807) is 0 Å². The molecule has 1 amide bonds. The van der Waals surface area contributed by atoms with Crippen molar-refractivity contribution in [3.8, 4) is 0 Å². The molecule has 18 heavy (non-hydrogen) atoms. The average molecular weight is 267 g/mol. The molecule has 2 N–H and O–H groups in total. The third kappa shape index (κ3) is 6.67. The van der Waals surface area contributed by atoms with Gasteiger partial charge in [-0.1, -0.05) is 25.0 Å². The van der Waals surface area contributed by atoms with Crippen molar-refractivity contribution in [1.29, 1.82) is 0 Å². The van der Waals surface area contributed by atoms with Gasteiger partial charge in [0.1, 0.15) is 0 Å². The van der Waals surface area contributed by atoms with Gasteiger partial charge in [-0.3, -0.25) is 4.79 Å². The van der Waals surface area contributed by atoms with E-state index in [2.05, 4.69) is 17.9 Å². The molecule has 0 unspecified atom stereocenters. The predicted octanol–water partition coefficient (Wildman–Crippen LogP) is 2.19. The molecule has 0 aromatic heterocycles. The molecule has 0 saturated heterocycles. The summed E-state index contributed by atoms with van der Waals surface area (Å²) in [6.07, 6.45) is 4.32. The zero-order chi connectivity index (χ0) is 13.2. The van der Waals surface area contributed by atoms with Gasteiger partial charge in [0.05, 0.1) is 6.42 Å². The summed E-state index contributed by atoms with van der Waals surface area (Å²) in [5.74, 6) is 0.0593. The maximum Gasteiger partial charge on any atom is 0.224 e. The van der Waals surface area contributed by atoms with Gasteiger partial charge in [-0.15, -0.1) is 12.6 Å². The van der Waals surface area contributed by atoms with Gasteiger partial charge in [0, 0.05) is 18.0 Å². The maximum absolute atomic E-state index is 11.6. The fraction of sp³-hybridized carbons (Fsp3) is 0.500. The molecule has 0 aliphatic heterocycles. The zero-order valence-electron chi connectivity index (χ0n) is 10.6. The second-order valence-electron chi connectivity index (χ2n) is 4.33. The Hall–Kier alpha value is -1.00. The molecule has 1 aromatic rings. The van der Waals surface area contributed by atoms with Gasteiger partial charge >= 0.3 is 0 Å². The molecule has 0 saturated carbocycles. The molecule has 1 rings (SSSR count). The minimum atomic E-state index is 0.0593. The van der Waals surface area contributed by atoms with E-state index in [-0.39, 0.29) is 12.5 Å². The van der Waals surface area contributed by atoms with Crippen molar-refractivity contribution in [2.45, 2.75) is 37.0 Å². The number of carbonyl (C=O) groups excluding carboxylic acids is 1. The normalized spacial score (nSPS) is 10.3. The molecule has 0 aliphatic rings. The Balaban J connectivity index is 2.12. The quantitative estimate of drug-likeness (QED) is 0.499. The maximum atomic E-state index is 11.6. The first-order chi connectivity index (χ1) is 8.72. The highest BCUT2D eigenvalue weighted by Crippen LogP contribution is 2.08. The number of aliphatic hydroxyl groups excluding tert-OH is 1. The summed E-state index contributed by atoms with van der Waals surface area (Å²) in [5.41, 5.74) is 1.01. The highest BCUT2D eigenvalue weighted by molar-refractivity contribution is 7.80. The Morgan fingerprint density at radius 1 is 1.11 bits per heavy atom. The lowest BCUT2D eigenvalue weighted by molar-refractivity contribution is -0.120.